The molecule has 1 amide bonds. The zero-order valence-corrected chi connectivity index (χ0v) is 12.0. The molecule has 108 valence electrons. The Morgan fingerprint density at radius 1 is 1.19 bits per heavy atom. The van der Waals surface area contributed by atoms with E-state index >= 15 is 0 Å². The van der Waals surface area contributed by atoms with Gasteiger partial charge in [-0.1, -0.05) is 29.8 Å². The molecule has 0 fully saturated rings. The molecule has 2 aromatic rings. The monoisotopic (exact) mass is 281 g/mol. The van der Waals surface area contributed by atoms with E-state index in [-0.39, 0.29) is 5.91 Å². The lowest BCUT2D eigenvalue weighted by molar-refractivity contribution is 0.0948. The average Bonchev–Trinajstić information content (AvgIpc) is 2.55. The minimum atomic E-state index is -0.148. The van der Waals surface area contributed by atoms with E-state index < -0.39 is 0 Å². The summed E-state index contributed by atoms with van der Waals surface area (Å²) in [6, 6.07) is 9.46. The molecule has 0 spiro atoms. The summed E-state index contributed by atoms with van der Waals surface area (Å²) in [7, 11) is 0. The Bertz CT molecular complexity index is 679. The summed E-state index contributed by atoms with van der Waals surface area (Å²) in [5.74, 6) is -0.148. The standard InChI is InChI=1S/C17H19N3O/c21-17(18-11-10-13-6-2-1-3-7-13)16-12-14-8-4-5-9-15(14)19-20-16/h4-6,8-9,12H,1-3,7,10-11H2,(H,18,21). The van der Waals surface area contributed by atoms with Gasteiger partial charge in [-0.05, 0) is 44.2 Å². The van der Waals surface area contributed by atoms with Gasteiger partial charge in [0.25, 0.3) is 5.91 Å². The third-order valence-electron chi connectivity index (χ3n) is 3.84. The summed E-state index contributed by atoms with van der Waals surface area (Å²) >= 11 is 0. The van der Waals surface area contributed by atoms with Crippen LogP contribution in [0.15, 0.2) is 42.0 Å². The number of amides is 1. The number of allylic oxidation sites excluding steroid dienone is 1. The molecule has 1 aliphatic rings. The van der Waals surface area contributed by atoms with Crippen molar-refractivity contribution in [1.29, 1.82) is 0 Å². The van der Waals surface area contributed by atoms with E-state index in [2.05, 4.69) is 21.6 Å². The van der Waals surface area contributed by atoms with E-state index in [1.807, 2.05) is 24.3 Å². The van der Waals surface area contributed by atoms with Crippen LogP contribution in [-0.2, 0) is 0 Å². The fourth-order valence-electron chi connectivity index (χ4n) is 2.65. The first-order valence-corrected chi connectivity index (χ1v) is 7.51. The molecule has 1 heterocycles. The van der Waals surface area contributed by atoms with Crippen molar-refractivity contribution >= 4 is 16.8 Å². The second-order valence-electron chi connectivity index (χ2n) is 5.40. The first-order valence-electron chi connectivity index (χ1n) is 7.51. The van der Waals surface area contributed by atoms with Crippen molar-refractivity contribution in [2.75, 3.05) is 6.54 Å². The van der Waals surface area contributed by atoms with Crippen LogP contribution in [0, 0.1) is 0 Å². The van der Waals surface area contributed by atoms with Crippen molar-refractivity contribution in [2.24, 2.45) is 0 Å². The van der Waals surface area contributed by atoms with Crippen LogP contribution >= 0.6 is 0 Å². The van der Waals surface area contributed by atoms with Crippen molar-refractivity contribution in [3.05, 3.63) is 47.7 Å². The summed E-state index contributed by atoms with van der Waals surface area (Å²) < 4.78 is 0. The van der Waals surface area contributed by atoms with Crippen LogP contribution in [0.4, 0.5) is 0 Å². The van der Waals surface area contributed by atoms with Gasteiger partial charge in [0.05, 0.1) is 5.52 Å². The quantitative estimate of drug-likeness (QED) is 0.875. The number of hydrogen-bond donors (Lipinski definition) is 1. The van der Waals surface area contributed by atoms with E-state index in [0.717, 1.165) is 17.3 Å². The molecule has 1 aromatic heterocycles. The Morgan fingerprint density at radius 3 is 2.95 bits per heavy atom. The number of fused-ring (bicyclic) bond motifs is 1. The zero-order chi connectivity index (χ0) is 14.5. The van der Waals surface area contributed by atoms with Gasteiger partial charge in [-0.2, -0.15) is 0 Å². The molecule has 0 unspecified atom stereocenters. The Labute approximate surface area is 124 Å². The van der Waals surface area contributed by atoms with Gasteiger partial charge in [0.1, 0.15) is 0 Å². The molecule has 1 aromatic carbocycles. The van der Waals surface area contributed by atoms with Crippen LogP contribution in [0.5, 0.6) is 0 Å². The van der Waals surface area contributed by atoms with E-state index in [4.69, 9.17) is 0 Å². The van der Waals surface area contributed by atoms with E-state index in [9.17, 15) is 4.79 Å². The van der Waals surface area contributed by atoms with Crippen LogP contribution < -0.4 is 5.32 Å². The fraction of sp³-hybridized carbons (Fsp3) is 0.353. The largest absolute Gasteiger partial charge is 0.350 e. The van der Waals surface area contributed by atoms with Crippen LogP contribution in [0.1, 0.15) is 42.6 Å². The molecule has 4 heteroatoms. The lowest BCUT2D eigenvalue weighted by Gasteiger charge is -2.12. The summed E-state index contributed by atoms with van der Waals surface area (Å²) in [5, 5.41) is 11.9. The van der Waals surface area contributed by atoms with Gasteiger partial charge < -0.3 is 5.32 Å². The highest BCUT2D eigenvalue weighted by Gasteiger charge is 2.09. The highest BCUT2D eigenvalue weighted by Crippen LogP contribution is 2.19. The predicted molar refractivity (Wildman–Crippen MR) is 83.0 cm³/mol. The van der Waals surface area contributed by atoms with Gasteiger partial charge in [0.2, 0.25) is 0 Å². The van der Waals surface area contributed by atoms with Crippen LogP contribution in [-0.4, -0.2) is 22.6 Å². The van der Waals surface area contributed by atoms with Gasteiger partial charge >= 0.3 is 0 Å². The number of carbonyl (C=O) groups excluding carboxylic acids is 1. The molecule has 3 rings (SSSR count). The van der Waals surface area contributed by atoms with Crippen LogP contribution in [0.3, 0.4) is 0 Å². The first-order chi connectivity index (χ1) is 10.3. The fourth-order valence-corrected chi connectivity index (χ4v) is 2.65. The van der Waals surface area contributed by atoms with Gasteiger partial charge in [-0.15, -0.1) is 10.2 Å². The second kappa shape index (κ2) is 6.48. The molecule has 4 nitrogen and oxygen atoms in total. The van der Waals surface area contributed by atoms with Gasteiger partial charge in [-0.25, -0.2) is 0 Å². The Hall–Kier alpha value is -2.23. The topological polar surface area (TPSA) is 54.9 Å². The van der Waals surface area contributed by atoms with E-state index in [1.54, 1.807) is 6.07 Å². The van der Waals surface area contributed by atoms with Crippen LogP contribution in [0.2, 0.25) is 0 Å². The van der Waals surface area contributed by atoms with Gasteiger partial charge in [-0.3, -0.25) is 4.79 Å². The number of nitrogens with zero attached hydrogens (tertiary/aromatic N) is 2. The number of hydrogen-bond acceptors (Lipinski definition) is 3. The van der Waals surface area contributed by atoms with Crippen molar-refractivity contribution in [3.8, 4) is 0 Å². The molecule has 0 bridgehead atoms. The molecular weight excluding hydrogens is 262 g/mol. The molecule has 0 saturated carbocycles. The molecular formula is C17H19N3O. The van der Waals surface area contributed by atoms with Crippen LogP contribution in [0.25, 0.3) is 10.9 Å². The normalized spacial score (nSPS) is 14.8. The van der Waals surface area contributed by atoms with Crippen molar-refractivity contribution in [1.82, 2.24) is 15.5 Å². The number of carbonyl (C=O) groups is 1. The maximum absolute atomic E-state index is 12.1. The van der Waals surface area contributed by atoms with Crippen molar-refractivity contribution in [3.63, 3.8) is 0 Å². The SMILES string of the molecule is O=C(NCCC1=CCCCC1)c1cc2ccccc2nn1. The number of nitrogens with one attached hydrogen (secondary N) is 1. The predicted octanol–water partition coefficient (Wildman–Crippen LogP) is 3.25. The molecule has 0 radical (unpaired) electrons. The second-order valence-corrected chi connectivity index (χ2v) is 5.40. The zero-order valence-electron chi connectivity index (χ0n) is 12.0. The third kappa shape index (κ3) is 3.45. The van der Waals surface area contributed by atoms with Gasteiger partial charge in [0, 0.05) is 11.9 Å². The summed E-state index contributed by atoms with van der Waals surface area (Å²) in [4.78, 5) is 12.1. The molecule has 1 aliphatic carbocycles. The lowest BCUT2D eigenvalue weighted by atomic mass is 9.97. The lowest BCUT2D eigenvalue weighted by Crippen LogP contribution is -2.26. The number of benzene rings is 1. The molecule has 0 aliphatic heterocycles. The van der Waals surface area contributed by atoms with Crippen molar-refractivity contribution < 1.29 is 4.79 Å². The number of rotatable bonds is 4. The average molecular weight is 281 g/mol. The Morgan fingerprint density at radius 2 is 2.10 bits per heavy atom. The summed E-state index contributed by atoms with van der Waals surface area (Å²) in [5.41, 5.74) is 2.65. The Balaban J connectivity index is 1.60. The smallest absolute Gasteiger partial charge is 0.271 e. The first kappa shape index (κ1) is 13.7. The molecule has 21 heavy (non-hydrogen) atoms. The summed E-state index contributed by atoms with van der Waals surface area (Å²) in [6.45, 7) is 0.666. The van der Waals surface area contributed by atoms with Crippen molar-refractivity contribution in [2.45, 2.75) is 32.1 Å². The summed E-state index contributed by atoms with van der Waals surface area (Å²) in [6.07, 6.45) is 8.17. The molecule has 0 saturated heterocycles. The molecule has 0 atom stereocenters. The molecule has 1 N–H and O–H groups in total. The highest BCUT2D eigenvalue weighted by atomic mass is 16.1. The number of aromatic nitrogens is 2. The maximum atomic E-state index is 12.1. The third-order valence-corrected chi connectivity index (χ3v) is 3.84. The van der Waals surface area contributed by atoms with E-state index in [1.165, 1.54) is 31.3 Å². The minimum absolute atomic E-state index is 0.148. The Kier molecular flexibility index (Phi) is 4.24. The van der Waals surface area contributed by atoms with Gasteiger partial charge in [0.15, 0.2) is 5.69 Å². The highest BCUT2D eigenvalue weighted by molar-refractivity contribution is 5.95. The minimum Gasteiger partial charge on any atom is -0.350 e. The van der Waals surface area contributed by atoms with E-state index in [0.29, 0.717) is 12.2 Å². The maximum Gasteiger partial charge on any atom is 0.271 e.